The zero-order valence-electron chi connectivity index (χ0n) is 8.65. The average Bonchev–Trinajstić information content (AvgIpc) is 2.33. The standard InChI is InChI=1S/C12H12ClN3/c13-12-11(15)10(4-5-16-12)9-3-1-2-8(6-9)7-14/h1-6H,7,14-15H2. The van der Waals surface area contributed by atoms with Gasteiger partial charge in [0.25, 0.3) is 0 Å². The van der Waals surface area contributed by atoms with E-state index in [1.54, 1.807) is 6.20 Å². The van der Waals surface area contributed by atoms with Gasteiger partial charge in [-0.1, -0.05) is 29.8 Å². The third-order valence-corrected chi connectivity index (χ3v) is 2.72. The van der Waals surface area contributed by atoms with Crippen molar-refractivity contribution in [2.45, 2.75) is 6.54 Å². The summed E-state index contributed by atoms with van der Waals surface area (Å²) in [7, 11) is 0. The Bertz CT molecular complexity index is 511. The van der Waals surface area contributed by atoms with Crippen LogP contribution in [0.1, 0.15) is 5.56 Å². The van der Waals surface area contributed by atoms with Gasteiger partial charge in [0, 0.05) is 18.3 Å². The Labute approximate surface area is 99.1 Å². The minimum absolute atomic E-state index is 0.329. The Balaban J connectivity index is 2.54. The molecule has 2 rings (SSSR count). The van der Waals surface area contributed by atoms with Gasteiger partial charge >= 0.3 is 0 Å². The van der Waals surface area contributed by atoms with Gasteiger partial charge in [-0.05, 0) is 23.3 Å². The minimum Gasteiger partial charge on any atom is -0.396 e. The fourth-order valence-electron chi connectivity index (χ4n) is 1.57. The first-order chi connectivity index (χ1) is 7.72. The summed E-state index contributed by atoms with van der Waals surface area (Å²) in [6, 6.07) is 9.74. The first-order valence-corrected chi connectivity index (χ1v) is 5.29. The van der Waals surface area contributed by atoms with Crippen molar-refractivity contribution in [2.75, 3.05) is 5.73 Å². The topological polar surface area (TPSA) is 64.9 Å². The van der Waals surface area contributed by atoms with E-state index in [2.05, 4.69) is 4.98 Å². The van der Waals surface area contributed by atoms with E-state index in [0.717, 1.165) is 16.7 Å². The highest BCUT2D eigenvalue weighted by molar-refractivity contribution is 6.32. The van der Waals surface area contributed by atoms with Crippen LogP contribution in [0.2, 0.25) is 5.15 Å². The lowest BCUT2D eigenvalue weighted by Gasteiger charge is -2.07. The monoisotopic (exact) mass is 233 g/mol. The smallest absolute Gasteiger partial charge is 0.152 e. The summed E-state index contributed by atoms with van der Waals surface area (Å²) in [5.41, 5.74) is 14.9. The molecule has 4 N–H and O–H groups in total. The predicted octanol–water partition coefficient (Wildman–Crippen LogP) is 2.44. The molecule has 0 atom stereocenters. The van der Waals surface area contributed by atoms with Crippen LogP contribution in [0.4, 0.5) is 5.69 Å². The normalized spacial score (nSPS) is 10.4. The van der Waals surface area contributed by atoms with Crippen LogP contribution in [0.5, 0.6) is 0 Å². The number of hydrogen-bond donors (Lipinski definition) is 2. The van der Waals surface area contributed by atoms with Crippen LogP contribution in [-0.2, 0) is 6.54 Å². The lowest BCUT2D eigenvalue weighted by Crippen LogP contribution is -1.97. The molecule has 0 aliphatic heterocycles. The van der Waals surface area contributed by atoms with Crippen molar-refractivity contribution in [3.8, 4) is 11.1 Å². The second kappa shape index (κ2) is 4.51. The minimum atomic E-state index is 0.329. The molecule has 1 heterocycles. The molecular formula is C12H12ClN3. The summed E-state index contributed by atoms with van der Waals surface area (Å²) < 4.78 is 0. The van der Waals surface area contributed by atoms with Crippen LogP contribution in [-0.4, -0.2) is 4.98 Å². The highest BCUT2D eigenvalue weighted by Gasteiger charge is 2.06. The van der Waals surface area contributed by atoms with Gasteiger partial charge in [-0.15, -0.1) is 0 Å². The number of rotatable bonds is 2. The number of aromatic nitrogens is 1. The third kappa shape index (κ3) is 2.01. The van der Waals surface area contributed by atoms with Crippen LogP contribution in [0.15, 0.2) is 36.5 Å². The Morgan fingerprint density at radius 1 is 1.25 bits per heavy atom. The summed E-state index contributed by atoms with van der Waals surface area (Å²) in [5, 5.41) is 0.329. The maximum absolute atomic E-state index is 5.88. The Morgan fingerprint density at radius 3 is 2.81 bits per heavy atom. The molecule has 0 spiro atoms. The number of nitrogens with zero attached hydrogens (tertiary/aromatic N) is 1. The molecule has 2 aromatic rings. The van der Waals surface area contributed by atoms with Gasteiger partial charge in [0.1, 0.15) is 0 Å². The lowest BCUT2D eigenvalue weighted by molar-refractivity contribution is 1.07. The number of halogens is 1. The second-order valence-electron chi connectivity index (χ2n) is 3.47. The summed E-state index contributed by atoms with van der Waals surface area (Å²) >= 11 is 5.88. The number of nitrogen functional groups attached to an aromatic ring is 1. The van der Waals surface area contributed by atoms with E-state index in [9.17, 15) is 0 Å². The number of benzene rings is 1. The van der Waals surface area contributed by atoms with Crippen molar-refractivity contribution in [1.29, 1.82) is 0 Å². The molecule has 0 amide bonds. The van der Waals surface area contributed by atoms with Gasteiger partial charge in [0.2, 0.25) is 0 Å². The maximum atomic E-state index is 5.88. The molecule has 0 aliphatic carbocycles. The Kier molecular flexibility index (Phi) is 3.08. The molecule has 1 aromatic heterocycles. The molecular weight excluding hydrogens is 222 g/mol. The Morgan fingerprint density at radius 2 is 2.06 bits per heavy atom. The molecule has 0 saturated carbocycles. The van der Waals surface area contributed by atoms with Crippen molar-refractivity contribution >= 4 is 17.3 Å². The van der Waals surface area contributed by atoms with Crippen molar-refractivity contribution < 1.29 is 0 Å². The molecule has 0 bridgehead atoms. The molecule has 0 unspecified atom stereocenters. The van der Waals surface area contributed by atoms with E-state index < -0.39 is 0 Å². The van der Waals surface area contributed by atoms with E-state index in [-0.39, 0.29) is 0 Å². The number of pyridine rings is 1. The van der Waals surface area contributed by atoms with Gasteiger partial charge in [0.05, 0.1) is 5.69 Å². The zero-order chi connectivity index (χ0) is 11.5. The van der Waals surface area contributed by atoms with E-state index >= 15 is 0 Å². The lowest BCUT2D eigenvalue weighted by atomic mass is 10.0. The highest BCUT2D eigenvalue weighted by atomic mass is 35.5. The van der Waals surface area contributed by atoms with E-state index in [0.29, 0.717) is 17.4 Å². The van der Waals surface area contributed by atoms with Gasteiger partial charge < -0.3 is 11.5 Å². The second-order valence-corrected chi connectivity index (χ2v) is 3.83. The molecule has 0 radical (unpaired) electrons. The molecule has 0 aliphatic rings. The molecule has 0 fully saturated rings. The fourth-order valence-corrected chi connectivity index (χ4v) is 1.72. The van der Waals surface area contributed by atoms with Crippen LogP contribution >= 0.6 is 11.6 Å². The molecule has 3 nitrogen and oxygen atoms in total. The molecule has 4 heteroatoms. The van der Waals surface area contributed by atoms with Crippen molar-refractivity contribution in [2.24, 2.45) is 5.73 Å². The Hall–Kier alpha value is -1.58. The largest absolute Gasteiger partial charge is 0.396 e. The molecule has 0 saturated heterocycles. The molecule has 82 valence electrons. The fraction of sp³-hybridized carbons (Fsp3) is 0.0833. The van der Waals surface area contributed by atoms with Crippen molar-refractivity contribution in [3.05, 3.63) is 47.2 Å². The predicted molar refractivity (Wildman–Crippen MR) is 67.0 cm³/mol. The quantitative estimate of drug-likeness (QED) is 0.783. The van der Waals surface area contributed by atoms with Gasteiger partial charge in [-0.2, -0.15) is 0 Å². The van der Waals surface area contributed by atoms with Gasteiger partial charge in [0.15, 0.2) is 5.15 Å². The van der Waals surface area contributed by atoms with Gasteiger partial charge in [-0.25, -0.2) is 4.98 Å². The van der Waals surface area contributed by atoms with E-state index in [1.807, 2.05) is 30.3 Å². The van der Waals surface area contributed by atoms with Crippen LogP contribution in [0.3, 0.4) is 0 Å². The van der Waals surface area contributed by atoms with E-state index in [1.165, 1.54) is 0 Å². The molecule has 16 heavy (non-hydrogen) atoms. The van der Waals surface area contributed by atoms with Crippen LogP contribution in [0.25, 0.3) is 11.1 Å². The van der Waals surface area contributed by atoms with E-state index in [4.69, 9.17) is 23.1 Å². The van der Waals surface area contributed by atoms with Crippen molar-refractivity contribution in [3.63, 3.8) is 0 Å². The summed E-state index contributed by atoms with van der Waals surface area (Å²) in [6.45, 7) is 0.507. The number of anilines is 1. The zero-order valence-corrected chi connectivity index (χ0v) is 9.41. The van der Waals surface area contributed by atoms with Crippen LogP contribution < -0.4 is 11.5 Å². The van der Waals surface area contributed by atoms with Gasteiger partial charge in [-0.3, -0.25) is 0 Å². The first-order valence-electron chi connectivity index (χ1n) is 4.91. The first kappa shape index (κ1) is 10.9. The van der Waals surface area contributed by atoms with Crippen molar-refractivity contribution in [1.82, 2.24) is 4.98 Å². The molecule has 1 aromatic carbocycles. The number of nitrogens with two attached hydrogens (primary N) is 2. The summed E-state index contributed by atoms with van der Waals surface area (Å²) in [6.07, 6.45) is 1.64. The highest BCUT2D eigenvalue weighted by Crippen LogP contribution is 2.30. The average molecular weight is 234 g/mol. The third-order valence-electron chi connectivity index (χ3n) is 2.42. The summed E-state index contributed by atoms with van der Waals surface area (Å²) in [4.78, 5) is 3.92. The number of hydrogen-bond acceptors (Lipinski definition) is 3. The SMILES string of the molecule is NCc1cccc(-c2ccnc(Cl)c2N)c1. The maximum Gasteiger partial charge on any atom is 0.152 e. The summed E-state index contributed by atoms with van der Waals surface area (Å²) in [5.74, 6) is 0. The van der Waals surface area contributed by atoms with Crippen LogP contribution in [0, 0.1) is 0 Å².